The average Bonchev–Trinajstić information content (AvgIpc) is 3.25. The third-order valence-electron chi connectivity index (χ3n) is 3.98. The molecule has 2 aliphatic carbocycles. The molecule has 0 saturated heterocycles. The van der Waals surface area contributed by atoms with Crippen LogP contribution in [0.5, 0.6) is 0 Å². The molecule has 0 radical (unpaired) electrons. The van der Waals surface area contributed by atoms with Crippen molar-refractivity contribution >= 4 is 23.0 Å². The molecule has 2 saturated carbocycles. The summed E-state index contributed by atoms with van der Waals surface area (Å²) in [7, 11) is 0. The predicted octanol–water partition coefficient (Wildman–Crippen LogP) is 3.41. The molecular formula is C15H20N2S. The monoisotopic (exact) mass is 260 g/mol. The number of rotatable bonds is 5. The van der Waals surface area contributed by atoms with Crippen molar-refractivity contribution in [2.45, 2.75) is 25.7 Å². The summed E-state index contributed by atoms with van der Waals surface area (Å²) in [5.41, 5.74) is 1.06. The molecule has 2 nitrogen and oxygen atoms in total. The summed E-state index contributed by atoms with van der Waals surface area (Å²) in [6, 6.07) is 10.1. The largest absolute Gasteiger partial charge is 0.362 e. The standard InChI is InChI=1S/C15H20N2S/c18-15(17-13-4-2-1-3-5-13)16-10-14(11-6-7-11)12-8-9-12/h1-5,11-12,14H,6-10H2,(H2,16,17,18). The Morgan fingerprint density at radius 2 is 1.72 bits per heavy atom. The predicted molar refractivity (Wildman–Crippen MR) is 79.6 cm³/mol. The van der Waals surface area contributed by atoms with E-state index in [9.17, 15) is 0 Å². The number of thiocarbonyl (C=S) groups is 1. The maximum atomic E-state index is 5.35. The third kappa shape index (κ3) is 3.22. The normalized spacial score (nSPS) is 18.7. The molecule has 0 aliphatic heterocycles. The van der Waals surface area contributed by atoms with Crippen molar-refractivity contribution < 1.29 is 0 Å². The van der Waals surface area contributed by atoms with Gasteiger partial charge in [0, 0.05) is 12.2 Å². The number of nitrogens with one attached hydrogen (secondary N) is 2. The summed E-state index contributed by atoms with van der Waals surface area (Å²) in [6.45, 7) is 1.05. The minimum atomic E-state index is 0.757. The molecule has 0 unspecified atom stereocenters. The quantitative estimate of drug-likeness (QED) is 0.793. The topological polar surface area (TPSA) is 24.1 Å². The van der Waals surface area contributed by atoms with Gasteiger partial charge in [-0.2, -0.15) is 0 Å². The summed E-state index contributed by atoms with van der Waals surface area (Å²) in [5, 5.41) is 7.39. The van der Waals surface area contributed by atoms with Crippen molar-refractivity contribution in [1.82, 2.24) is 5.32 Å². The van der Waals surface area contributed by atoms with Crippen LogP contribution in [0.3, 0.4) is 0 Å². The number of hydrogen-bond acceptors (Lipinski definition) is 1. The first-order valence-electron chi connectivity index (χ1n) is 6.93. The zero-order valence-corrected chi connectivity index (χ0v) is 11.4. The second kappa shape index (κ2) is 5.27. The maximum Gasteiger partial charge on any atom is 0.170 e. The van der Waals surface area contributed by atoms with Crippen LogP contribution in [-0.4, -0.2) is 11.7 Å². The highest BCUT2D eigenvalue weighted by Crippen LogP contribution is 2.48. The molecule has 1 aromatic rings. The first-order chi connectivity index (χ1) is 8.83. The summed E-state index contributed by atoms with van der Waals surface area (Å²) in [6.07, 6.45) is 5.73. The number of benzene rings is 1. The molecule has 2 aliphatic rings. The molecule has 0 aromatic heterocycles. The van der Waals surface area contributed by atoms with Crippen LogP contribution in [0.4, 0.5) is 5.69 Å². The van der Waals surface area contributed by atoms with Crippen LogP contribution in [0.1, 0.15) is 25.7 Å². The van der Waals surface area contributed by atoms with Gasteiger partial charge in [-0.25, -0.2) is 0 Å². The van der Waals surface area contributed by atoms with Crippen molar-refractivity contribution in [3.63, 3.8) is 0 Å². The van der Waals surface area contributed by atoms with E-state index < -0.39 is 0 Å². The summed E-state index contributed by atoms with van der Waals surface area (Å²) >= 11 is 5.35. The molecule has 0 heterocycles. The second-order valence-electron chi connectivity index (χ2n) is 5.54. The van der Waals surface area contributed by atoms with Gasteiger partial charge in [0.25, 0.3) is 0 Å². The van der Waals surface area contributed by atoms with Crippen LogP contribution < -0.4 is 10.6 Å². The van der Waals surface area contributed by atoms with Gasteiger partial charge in [0.15, 0.2) is 5.11 Å². The first kappa shape index (κ1) is 12.0. The molecular weight excluding hydrogens is 240 g/mol. The van der Waals surface area contributed by atoms with Gasteiger partial charge in [0.2, 0.25) is 0 Å². The molecule has 3 heteroatoms. The molecule has 0 bridgehead atoms. The van der Waals surface area contributed by atoms with E-state index in [1.807, 2.05) is 30.3 Å². The minimum Gasteiger partial charge on any atom is -0.362 e. The van der Waals surface area contributed by atoms with Gasteiger partial charge < -0.3 is 10.6 Å². The van der Waals surface area contributed by atoms with Crippen LogP contribution >= 0.6 is 12.2 Å². The Hall–Kier alpha value is -1.09. The fraction of sp³-hybridized carbons (Fsp3) is 0.533. The van der Waals surface area contributed by atoms with E-state index in [0.717, 1.165) is 35.1 Å². The van der Waals surface area contributed by atoms with Crippen LogP contribution in [-0.2, 0) is 0 Å². The summed E-state index contributed by atoms with van der Waals surface area (Å²) in [4.78, 5) is 0. The Bertz CT molecular complexity index is 398. The van der Waals surface area contributed by atoms with Gasteiger partial charge in [-0.05, 0) is 67.8 Å². The molecule has 18 heavy (non-hydrogen) atoms. The third-order valence-corrected chi connectivity index (χ3v) is 4.23. The highest BCUT2D eigenvalue weighted by atomic mass is 32.1. The summed E-state index contributed by atoms with van der Waals surface area (Å²) in [5.74, 6) is 2.81. The number of anilines is 1. The highest BCUT2D eigenvalue weighted by molar-refractivity contribution is 7.80. The van der Waals surface area contributed by atoms with E-state index in [2.05, 4.69) is 10.6 Å². The van der Waals surface area contributed by atoms with Crippen LogP contribution in [0.2, 0.25) is 0 Å². The number of hydrogen-bond donors (Lipinski definition) is 2. The Morgan fingerprint density at radius 1 is 1.11 bits per heavy atom. The second-order valence-corrected chi connectivity index (χ2v) is 5.95. The fourth-order valence-electron chi connectivity index (χ4n) is 2.67. The molecule has 0 spiro atoms. The molecule has 3 rings (SSSR count). The molecule has 0 atom stereocenters. The smallest absolute Gasteiger partial charge is 0.170 e. The fourth-order valence-corrected chi connectivity index (χ4v) is 2.88. The van der Waals surface area contributed by atoms with Gasteiger partial charge in [-0.1, -0.05) is 18.2 Å². The van der Waals surface area contributed by atoms with Crippen molar-refractivity contribution in [2.75, 3.05) is 11.9 Å². The lowest BCUT2D eigenvalue weighted by Crippen LogP contribution is -2.34. The van der Waals surface area contributed by atoms with E-state index >= 15 is 0 Å². The van der Waals surface area contributed by atoms with Gasteiger partial charge in [0.05, 0.1) is 0 Å². The van der Waals surface area contributed by atoms with Crippen molar-refractivity contribution in [3.05, 3.63) is 30.3 Å². The van der Waals surface area contributed by atoms with Crippen LogP contribution in [0, 0.1) is 17.8 Å². The zero-order valence-electron chi connectivity index (χ0n) is 10.6. The Balaban J connectivity index is 1.46. The van der Waals surface area contributed by atoms with E-state index in [0.29, 0.717) is 0 Å². The zero-order chi connectivity index (χ0) is 12.4. The lowest BCUT2D eigenvalue weighted by Gasteiger charge is -2.18. The van der Waals surface area contributed by atoms with Gasteiger partial charge in [0.1, 0.15) is 0 Å². The van der Waals surface area contributed by atoms with Crippen molar-refractivity contribution in [3.8, 4) is 0 Å². The van der Waals surface area contributed by atoms with Gasteiger partial charge >= 0.3 is 0 Å². The van der Waals surface area contributed by atoms with E-state index in [4.69, 9.17) is 12.2 Å². The van der Waals surface area contributed by atoms with Crippen molar-refractivity contribution in [1.29, 1.82) is 0 Å². The van der Waals surface area contributed by atoms with Gasteiger partial charge in [-0.3, -0.25) is 0 Å². The maximum absolute atomic E-state index is 5.35. The van der Waals surface area contributed by atoms with Crippen molar-refractivity contribution in [2.24, 2.45) is 17.8 Å². The lowest BCUT2D eigenvalue weighted by atomic mass is 9.98. The summed E-state index contributed by atoms with van der Waals surface area (Å²) < 4.78 is 0. The average molecular weight is 260 g/mol. The molecule has 2 fully saturated rings. The van der Waals surface area contributed by atoms with E-state index in [1.165, 1.54) is 25.7 Å². The van der Waals surface area contributed by atoms with Crippen LogP contribution in [0.25, 0.3) is 0 Å². The Morgan fingerprint density at radius 3 is 2.28 bits per heavy atom. The molecule has 96 valence electrons. The van der Waals surface area contributed by atoms with E-state index in [-0.39, 0.29) is 0 Å². The first-order valence-corrected chi connectivity index (χ1v) is 7.33. The molecule has 1 aromatic carbocycles. The highest BCUT2D eigenvalue weighted by Gasteiger charge is 2.41. The Labute approximate surface area is 114 Å². The van der Waals surface area contributed by atoms with Gasteiger partial charge in [-0.15, -0.1) is 0 Å². The van der Waals surface area contributed by atoms with Crippen LogP contribution in [0.15, 0.2) is 30.3 Å². The van der Waals surface area contributed by atoms with E-state index in [1.54, 1.807) is 0 Å². The molecule has 0 amide bonds. The Kier molecular flexibility index (Phi) is 3.50. The molecule has 2 N–H and O–H groups in total. The SMILES string of the molecule is S=C(NCC(C1CC1)C1CC1)Nc1ccccc1. The minimum absolute atomic E-state index is 0.757. The number of para-hydroxylation sites is 1. The lowest BCUT2D eigenvalue weighted by molar-refractivity contribution is 0.403.